The van der Waals surface area contributed by atoms with Gasteiger partial charge in [-0.3, -0.25) is 9.59 Å². The van der Waals surface area contributed by atoms with Crippen LogP contribution in [0.1, 0.15) is 48.5 Å². The van der Waals surface area contributed by atoms with Crippen LogP contribution in [0.25, 0.3) is 0 Å². The SMILES string of the molecule is CC(NC(=O)c1cccc(S(=O)(=O)NC2CCCC2)c1)C(=O)NCc1ccccc1. The molecule has 1 fully saturated rings. The standard InChI is InChI=1S/C22H27N3O4S/c1-16(21(26)23-15-17-8-3-2-4-9-17)24-22(27)18-10-7-13-20(14-18)30(28,29)25-19-11-5-6-12-19/h2-4,7-10,13-14,16,19,25H,5-6,11-12,15H2,1H3,(H,23,26)(H,24,27). The Labute approximate surface area is 177 Å². The third-order valence-electron chi connectivity index (χ3n) is 5.13. The van der Waals surface area contributed by atoms with E-state index in [1.165, 1.54) is 24.3 Å². The smallest absolute Gasteiger partial charge is 0.251 e. The summed E-state index contributed by atoms with van der Waals surface area (Å²) in [6.07, 6.45) is 3.68. The zero-order chi connectivity index (χ0) is 21.6. The second-order valence-electron chi connectivity index (χ2n) is 7.53. The number of amides is 2. The van der Waals surface area contributed by atoms with Gasteiger partial charge in [0.2, 0.25) is 15.9 Å². The van der Waals surface area contributed by atoms with Gasteiger partial charge in [0.15, 0.2) is 0 Å². The molecule has 1 saturated carbocycles. The van der Waals surface area contributed by atoms with Gasteiger partial charge >= 0.3 is 0 Å². The van der Waals surface area contributed by atoms with Gasteiger partial charge in [-0.2, -0.15) is 0 Å². The summed E-state index contributed by atoms with van der Waals surface area (Å²) in [6, 6.07) is 14.5. The molecule has 2 aromatic carbocycles. The number of carbonyl (C=O) groups excluding carboxylic acids is 2. The van der Waals surface area contributed by atoms with E-state index in [9.17, 15) is 18.0 Å². The fourth-order valence-electron chi connectivity index (χ4n) is 3.42. The molecule has 0 aromatic heterocycles. The Morgan fingerprint density at radius 1 is 1.03 bits per heavy atom. The third-order valence-corrected chi connectivity index (χ3v) is 6.65. The summed E-state index contributed by atoms with van der Waals surface area (Å²) >= 11 is 0. The molecule has 3 N–H and O–H groups in total. The zero-order valence-corrected chi connectivity index (χ0v) is 17.7. The van der Waals surface area contributed by atoms with Crippen molar-refractivity contribution in [1.82, 2.24) is 15.4 Å². The Kier molecular flexibility index (Phi) is 7.23. The van der Waals surface area contributed by atoms with Crippen molar-refractivity contribution in [3.05, 3.63) is 65.7 Å². The number of rotatable bonds is 8. The van der Waals surface area contributed by atoms with Gasteiger partial charge in [0.25, 0.3) is 5.91 Å². The molecule has 0 bridgehead atoms. The molecule has 0 saturated heterocycles. The van der Waals surface area contributed by atoms with Crippen molar-refractivity contribution in [2.75, 3.05) is 0 Å². The average molecular weight is 430 g/mol. The van der Waals surface area contributed by atoms with Crippen molar-refractivity contribution in [3.8, 4) is 0 Å². The van der Waals surface area contributed by atoms with E-state index in [0.717, 1.165) is 31.2 Å². The lowest BCUT2D eigenvalue weighted by Crippen LogP contribution is -2.44. The molecule has 0 heterocycles. The lowest BCUT2D eigenvalue weighted by atomic mass is 10.2. The van der Waals surface area contributed by atoms with Crippen LogP contribution < -0.4 is 15.4 Å². The van der Waals surface area contributed by atoms with E-state index in [2.05, 4.69) is 15.4 Å². The van der Waals surface area contributed by atoms with E-state index in [1.54, 1.807) is 6.92 Å². The summed E-state index contributed by atoms with van der Waals surface area (Å²) < 4.78 is 27.9. The van der Waals surface area contributed by atoms with Gasteiger partial charge in [0, 0.05) is 18.2 Å². The third kappa shape index (κ3) is 5.90. The number of hydrogen-bond acceptors (Lipinski definition) is 4. The van der Waals surface area contributed by atoms with Crippen LogP contribution >= 0.6 is 0 Å². The first-order valence-electron chi connectivity index (χ1n) is 10.1. The molecule has 1 atom stereocenters. The van der Waals surface area contributed by atoms with Crippen molar-refractivity contribution in [2.45, 2.75) is 56.1 Å². The molecule has 3 rings (SSSR count). The number of benzene rings is 2. The van der Waals surface area contributed by atoms with Crippen molar-refractivity contribution >= 4 is 21.8 Å². The molecular weight excluding hydrogens is 402 g/mol. The van der Waals surface area contributed by atoms with Gasteiger partial charge in [0.05, 0.1) is 4.90 Å². The van der Waals surface area contributed by atoms with Crippen LogP contribution in [0.5, 0.6) is 0 Å². The minimum Gasteiger partial charge on any atom is -0.350 e. The van der Waals surface area contributed by atoms with E-state index >= 15 is 0 Å². The summed E-state index contributed by atoms with van der Waals surface area (Å²) in [4.78, 5) is 24.9. The molecule has 7 nitrogen and oxygen atoms in total. The van der Waals surface area contributed by atoms with E-state index < -0.39 is 22.0 Å². The average Bonchev–Trinajstić information content (AvgIpc) is 3.25. The summed E-state index contributed by atoms with van der Waals surface area (Å²) in [6.45, 7) is 1.95. The first kappa shape index (κ1) is 22.0. The van der Waals surface area contributed by atoms with E-state index in [1.807, 2.05) is 30.3 Å². The zero-order valence-electron chi connectivity index (χ0n) is 16.9. The summed E-state index contributed by atoms with van der Waals surface area (Å²) in [5.74, 6) is -0.825. The Morgan fingerprint density at radius 3 is 2.43 bits per heavy atom. The maximum absolute atomic E-state index is 12.6. The highest BCUT2D eigenvalue weighted by Crippen LogP contribution is 2.21. The monoisotopic (exact) mass is 429 g/mol. The Morgan fingerprint density at radius 2 is 1.73 bits per heavy atom. The van der Waals surface area contributed by atoms with Gasteiger partial charge in [-0.05, 0) is 43.5 Å². The Balaban J connectivity index is 1.59. The molecule has 30 heavy (non-hydrogen) atoms. The lowest BCUT2D eigenvalue weighted by molar-refractivity contribution is -0.122. The molecule has 2 aromatic rings. The first-order valence-corrected chi connectivity index (χ1v) is 11.6. The van der Waals surface area contributed by atoms with Crippen LogP contribution in [0.3, 0.4) is 0 Å². The van der Waals surface area contributed by atoms with Gasteiger partial charge in [-0.15, -0.1) is 0 Å². The topological polar surface area (TPSA) is 104 Å². The highest BCUT2D eigenvalue weighted by molar-refractivity contribution is 7.89. The predicted octanol–water partition coefficient (Wildman–Crippen LogP) is 2.34. The first-order chi connectivity index (χ1) is 14.3. The second kappa shape index (κ2) is 9.86. The number of sulfonamides is 1. The summed E-state index contributed by atoms with van der Waals surface area (Å²) in [5, 5.41) is 5.39. The van der Waals surface area contributed by atoms with Crippen LogP contribution in [0.2, 0.25) is 0 Å². The van der Waals surface area contributed by atoms with Crippen molar-refractivity contribution in [3.63, 3.8) is 0 Å². The molecule has 2 amide bonds. The van der Waals surface area contributed by atoms with Crippen LogP contribution in [-0.4, -0.2) is 32.3 Å². The number of hydrogen-bond donors (Lipinski definition) is 3. The normalized spacial score (nSPS) is 15.5. The van der Waals surface area contributed by atoms with Gasteiger partial charge in [0.1, 0.15) is 6.04 Å². The van der Waals surface area contributed by atoms with Crippen molar-refractivity contribution in [1.29, 1.82) is 0 Å². The van der Waals surface area contributed by atoms with Crippen LogP contribution in [-0.2, 0) is 21.4 Å². The molecule has 0 radical (unpaired) electrons. The van der Waals surface area contributed by atoms with Gasteiger partial charge in [-0.25, -0.2) is 13.1 Å². The summed E-state index contributed by atoms with van der Waals surface area (Å²) in [7, 11) is -3.69. The quantitative estimate of drug-likeness (QED) is 0.599. The highest BCUT2D eigenvalue weighted by atomic mass is 32.2. The second-order valence-corrected chi connectivity index (χ2v) is 9.24. The lowest BCUT2D eigenvalue weighted by Gasteiger charge is -2.15. The maximum atomic E-state index is 12.6. The largest absolute Gasteiger partial charge is 0.350 e. The Bertz CT molecular complexity index is 986. The molecular formula is C22H27N3O4S. The fourth-order valence-corrected chi connectivity index (χ4v) is 4.77. The summed E-state index contributed by atoms with van der Waals surface area (Å²) in [5.41, 5.74) is 1.14. The molecule has 160 valence electrons. The molecule has 1 aliphatic carbocycles. The fraction of sp³-hybridized carbons (Fsp3) is 0.364. The highest BCUT2D eigenvalue weighted by Gasteiger charge is 2.24. The van der Waals surface area contributed by atoms with Gasteiger partial charge < -0.3 is 10.6 Å². The van der Waals surface area contributed by atoms with E-state index in [-0.39, 0.29) is 22.4 Å². The van der Waals surface area contributed by atoms with Crippen LogP contribution in [0.15, 0.2) is 59.5 Å². The maximum Gasteiger partial charge on any atom is 0.251 e. The molecule has 0 spiro atoms. The molecule has 1 aliphatic rings. The number of carbonyl (C=O) groups is 2. The van der Waals surface area contributed by atoms with Gasteiger partial charge in [-0.1, -0.05) is 49.2 Å². The number of nitrogens with one attached hydrogen (secondary N) is 3. The van der Waals surface area contributed by atoms with E-state index in [4.69, 9.17) is 0 Å². The minimum atomic E-state index is -3.69. The van der Waals surface area contributed by atoms with Crippen molar-refractivity contribution in [2.24, 2.45) is 0 Å². The minimum absolute atomic E-state index is 0.0447. The molecule has 8 heteroatoms. The van der Waals surface area contributed by atoms with Crippen LogP contribution in [0.4, 0.5) is 0 Å². The van der Waals surface area contributed by atoms with Crippen LogP contribution in [0, 0.1) is 0 Å². The Hall–Kier alpha value is -2.71. The molecule has 0 aliphatic heterocycles. The van der Waals surface area contributed by atoms with Crippen molar-refractivity contribution < 1.29 is 18.0 Å². The van der Waals surface area contributed by atoms with E-state index in [0.29, 0.717) is 6.54 Å². The predicted molar refractivity (Wildman–Crippen MR) is 114 cm³/mol. The molecule has 1 unspecified atom stereocenters.